The fraction of sp³-hybridized carbons (Fsp3) is 0.444. The third-order valence-corrected chi connectivity index (χ3v) is 5.89. The number of thiophene rings is 1. The number of hydrogen-bond donors (Lipinski definition) is 2. The number of hydrogen-bond acceptors (Lipinski definition) is 6. The Labute approximate surface area is 111 Å². The summed E-state index contributed by atoms with van der Waals surface area (Å²) in [5.41, 5.74) is 0. The van der Waals surface area contributed by atoms with Gasteiger partial charge in [-0.15, -0.1) is 11.3 Å². The van der Waals surface area contributed by atoms with Crippen molar-refractivity contribution in [2.45, 2.75) is 19.3 Å². The van der Waals surface area contributed by atoms with Crippen LogP contribution in [0.4, 0.5) is 0 Å². The summed E-state index contributed by atoms with van der Waals surface area (Å²) in [6, 6.07) is 3.09. The lowest BCUT2D eigenvalue weighted by molar-refractivity contribution is 0.285. The summed E-state index contributed by atoms with van der Waals surface area (Å²) in [6.07, 6.45) is 2.06. The number of unbranched alkanes of at least 4 members (excludes halogenated alkanes) is 1. The van der Waals surface area contributed by atoms with Crippen molar-refractivity contribution in [1.29, 1.82) is 0 Å². The molecule has 0 saturated heterocycles. The highest BCUT2D eigenvalue weighted by Gasteiger charge is 2.20. The molecule has 0 spiro atoms. The summed E-state index contributed by atoms with van der Waals surface area (Å²) in [4.78, 5) is 0.967. The average Bonchev–Trinajstić information content (AvgIpc) is 2.64. The number of rotatable bonds is 5. The molecular weight excluding hydrogens is 298 g/mol. The average molecular weight is 311 g/mol. The lowest BCUT2D eigenvalue weighted by atomic mass is 10.2. The summed E-state index contributed by atoms with van der Waals surface area (Å²) in [6.45, 7) is 0.0946. The molecule has 0 fully saturated rings. The van der Waals surface area contributed by atoms with Crippen molar-refractivity contribution in [3.63, 3.8) is 0 Å². The molecule has 0 aliphatic carbocycles. The Hall–Kier alpha value is -0.740. The lowest BCUT2D eigenvalue weighted by Crippen LogP contribution is -2.24. The second-order valence-corrected chi connectivity index (χ2v) is 7.32. The second-order valence-electron chi connectivity index (χ2n) is 3.51. The number of sulfonamides is 1. The molecule has 0 unspecified atom stereocenters. The van der Waals surface area contributed by atoms with Crippen LogP contribution in [0.1, 0.15) is 22.6 Å². The van der Waals surface area contributed by atoms with Crippen molar-refractivity contribution in [3.8, 4) is 0 Å². The maximum Gasteiger partial charge on any atom is 0.254 e. The summed E-state index contributed by atoms with van der Waals surface area (Å²) in [5.74, 6) is 0. The maximum absolute atomic E-state index is 11.2. The summed E-state index contributed by atoms with van der Waals surface area (Å²) in [5, 5.41) is 13.5. The van der Waals surface area contributed by atoms with Gasteiger partial charge in [0.1, 0.15) is 0 Å². The molecule has 0 aliphatic rings. The van der Waals surface area contributed by atoms with Crippen molar-refractivity contribution < 1.29 is 21.9 Å². The van der Waals surface area contributed by atoms with Crippen molar-refractivity contribution in [3.05, 3.63) is 21.9 Å². The van der Waals surface area contributed by atoms with Crippen LogP contribution in [0.2, 0.25) is 0 Å². The summed E-state index contributed by atoms with van der Waals surface area (Å²) in [7, 11) is -7.15. The Morgan fingerprint density at radius 3 is 2.50 bits per heavy atom. The van der Waals surface area contributed by atoms with Crippen LogP contribution in [0, 0.1) is 0 Å². The second kappa shape index (κ2) is 6.43. The summed E-state index contributed by atoms with van der Waals surface area (Å²) < 4.78 is 43.3. The van der Waals surface area contributed by atoms with Gasteiger partial charge in [0.15, 0.2) is 0 Å². The van der Waals surface area contributed by atoms with Crippen LogP contribution in [0.5, 0.6) is 0 Å². The first kappa shape index (κ1) is 15.3. The Morgan fingerprint density at radius 2 is 2.00 bits per heavy atom. The fourth-order valence-electron chi connectivity index (χ4n) is 1.35. The lowest BCUT2D eigenvalue weighted by Gasteiger charge is -1.96. The van der Waals surface area contributed by atoms with E-state index in [0.717, 1.165) is 22.6 Å². The smallest absolute Gasteiger partial charge is 0.254 e. The van der Waals surface area contributed by atoms with Crippen LogP contribution in [0.25, 0.3) is 0 Å². The van der Waals surface area contributed by atoms with E-state index in [1.807, 2.05) is 0 Å². The molecular formula is C9H13NO5S3. The van der Waals surface area contributed by atoms with Gasteiger partial charge in [0, 0.05) is 11.5 Å². The predicted molar refractivity (Wildman–Crippen MR) is 70.5 cm³/mol. The van der Waals surface area contributed by atoms with E-state index in [-0.39, 0.29) is 11.5 Å². The Morgan fingerprint density at radius 1 is 1.33 bits per heavy atom. The van der Waals surface area contributed by atoms with Crippen LogP contribution in [-0.2, 0) is 26.7 Å². The van der Waals surface area contributed by atoms with Crippen molar-refractivity contribution in [2.24, 2.45) is 5.14 Å². The third kappa shape index (κ3) is 4.18. The number of aliphatic hydroxyl groups is 1. The zero-order valence-electron chi connectivity index (χ0n) is 9.37. The molecule has 0 radical (unpaired) electrons. The van der Waals surface area contributed by atoms with Crippen molar-refractivity contribution in [1.82, 2.24) is 0 Å². The minimum atomic E-state index is -4.25. The van der Waals surface area contributed by atoms with Gasteiger partial charge in [0.2, 0.25) is 14.5 Å². The highest BCUT2D eigenvalue weighted by atomic mass is 32.2. The number of aryl methyl sites for hydroxylation is 1. The molecule has 0 amide bonds. The first-order chi connectivity index (χ1) is 8.36. The molecule has 0 atom stereocenters. The van der Waals surface area contributed by atoms with E-state index in [4.69, 9.17) is 10.2 Å². The van der Waals surface area contributed by atoms with Gasteiger partial charge in [-0.2, -0.15) is 8.42 Å². The Balaban J connectivity index is 3.02. The minimum absolute atomic E-state index is 0.0946. The van der Waals surface area contributed by atoms with Gasteiger partial charge >= 0.3 is 0 Å². The zero-order valence-corrected chi connectivity index (χ0v) is 11.8. The van der Waals surface area contributed by atoms with Crippen LogP contribution < -0.4 is 5.14 Å². The van der Waals surface area contributed by atoms with E-state index in [1.165, 1.54) is 6.07 Å². The van der Waals surface area contributed by atoms with Crippen LogP contribution >= 0.6 is 11.3 Å². The number of aliphatic hydroxyl groups excluding tert-OH is 1. The van der Waals surface area contributed by atoms with Crippen molar-refractivity contribution >= 4 is 35.8 Å². The molecule has 102 valence electrons. The molecule has 0 bridgehead atoms. The molecule has 1 aromatic rings. The normalized spacial score (nSPS) is 11.4. The maximum atomic E-state index is 11.2. The monoisotopic (exact) mass is 311 g/mol. The van der Waals surface area contributed by atoms with E-state index in [0.29, 0.717) is 12.8 Å². The SMILES string of the molecule is NS(=O)(=O)C(c1ccc(CCCCO)s1)=S(=O)=O. The number of nitrogens with two attached hydrogens (primary N) is 1. The predicted octanol–water partition coefficient (Wildman–Crippen LogP) is -0.291. The summed E-state index contributed by atoms with van der Waals surface area (Å²) >= 11 is 1.08. The van der Waals surface area contributed by atoms with E-state index in [1.54, 1.807) is 6.07 Å². The van der Waals surface area contributed by atoms with Gasteiger partial charge in [-0.3, -0.25) is 0 Å². The first-order valence-corrected chi connectivity index (χ1v) is 8.49. The largest absolute Gasteiger partial charge is 0.396 e. The zero-order chi connectivity index (χ0) is 13.8. The topological polar surface area (TPSA) is 115 Å². The third-order valence-electron chi connectivity index (χ3n) is 2.10. The molecule has 9 heteroatoms. The molecule has 3 N–H and O–H groups in total. The highest BCUT2D eigenvalue weighted by Crippen LogP contribution is 2.20. The Bertz CT molecular complexity index is 633. The highest BCUT2D eigenvalue weighted by molar-refractivity contribution is 8.15. The molecule has 1 rings (SSSR count). The van der Waals surface area contributed by atoms with Crippen LogP contribution in [0.15, 0.2) is 12.1 Å². The Kier molecular flexibility index (Phi) is 5.47. The molecule has 18 heavy (non-hydrogen) atoms. The van der Waals surface area contributed by atoms with Gasteiger partial charge in [0.05, 0.1) is 4.88 Å². The first-order valence-electron chi connectivity index (χ1n) is 5.05. The molecule has 0 aromatic carbocycles. The number of primary sulfonamides is 1. The van der Waals surface area contributed by atoms with Crippen molar-refractivity contribution in [2.75, 3.05) is 6.61 Å². The van der Waals surface area contributed by atoms with E-state index >= 15 is 0 Å². The van der Waals surface area contributed by atoms with Crippen LogP contribution in [0.3, 0.4) is 0 Å². The molecule has 0 aliphatic heterocycles. The van der Waals surface area contributed by atoms with E-state index in [9.17, 15) is 16.8 Å². The van der Waals surface area contributed by atoms with Crippen LogP contribution in [-0.4, -0.2) is 32.7 Å². The molecule has 0 saturated carbocycles. The minimum Gasteiger partial charge on any atom is -0.396 e. The van der Waals surface area contributed by atoms with E-state index < -0.39 is 24.5 Å². The quantitative estimate of drug-likeness (QED) is 0.573. The van der Waals surface area contributed by atoms with Gasteiger partial charge < -0.3 is 5.11 Å². The molecule has 6 nitrogen and oxygen atoms in total. The van der Waals surface area contributed by atoms with Gasteiger partial charge in [-0.25, -0.2) is 13.6 Å². The fourth-order valence-corrected chi connectivity index (χ4v) is 4.38. The molecule has 1 heterocycles. The van der Waals surface area contributed by atoms with E-state index in [2.05, 4.69) is 0 Å². The van der Waals surface area contributed by atoms with Gasteiger partial charge in [0.25, 0.3) is 10.0 Å². The standard InChI is InChI=1S/C9H13NO5S3/c10-18(14,15)9(17(12)13)8-5-4-7(16-8)3-1-2-6-11/h4-5,11H,1-3,6H2,(H2,10,14,15). The molecule has 1 aromatic heterocycles. The van der Waals surface area contributed by atoms with Gasteiger partial charge in [-0.05, 0) is 31.4 Å². The van der Waals surface area contributed by atoms with Gasteiger partial charge in [-0.1, -0.05) is 0 Å².